The van der Waals surface area contributed by atoms with E-state index in [1.807, 2.05) is 0 Å². The Balaban J connectivity index is 0.00000240. The van der Waals surface area contributed by atoms with Crippen molar-refractivity contribution in [3.63, 3.8) is 0 Å². The van der Waals surface area contributed by atoms with Crippen molar-refractivity contribution in [3.05, 3.63) is 54.8 Å². The van der Waals surface area contributed by atoms with Crippen LogP contribution in [-0.2, 0) is 0 Å². The van der Waals surface area contributed by atoms with E-state index in [0.717, 1.165) is 30.4 Å². The van der Waals surface area contributed by atoms with Gasteiger partial charge in [-0.3, -0.25) is 0 Å². The molecule has 29 heavy (non-hydrogen) atoms. The summed E-state index contributed by atoms with van der Waals surface area (Å²) in [6.07, 6.45) is 10.1. The van der Waals surface area contributed by atoms with E-state index in [2.05, 4.69) is 15.1 Å². The zero-order chi connectivity index (χ0) is 19.5. The van der Waals surface area contributed by atoms with Crippen LogP contribution in [0.2, 0.25) is 0 Å². The van der Waals surface area contributed by atoms with Crippen LogP contribution in [0.15, 0.2) is 43.1 Å². The molecule has 9 heteroatoms. The van der Waals surface area contributed by atoms with Gasteiger partial charge >= 0.3 is 0 Å². The Kier molecular flexibility index (Phi) is 6.76. The Morgan fingerprint density at radius 2 is 1.83 bits per heavy atom. The Labute approximate surface area is 173 Å². The second-order valence-electron chi connectivity index (χ2n) is 7.07. The molecule has 0 amide bonds. The highest BCUT2D eigenvalue weighted by Crippen LogP contribution is 2.30. The van der Waals surface area contributed by atoms with Crippen molar-refractivity contribution in [1.29, 1.82) is 0 Å². The fourth-order valence-electron chi connectivity index (χ4n) is 3.48. The third-order valence-electron chi connectivity index (χ3n) is 5.07. The quantitative estimate of drug-likeness (QED) is 0.675. The molecule has 0 radical (unpaired) electrons. The van der Waals surface area contributed by atoms with Gasteiger partial charge in [0.05, 0.1) is 19.0 Å². The van der Waals surface area contributed by atoms with E-state index in [0.29, 0.717) is 29.5 Å². The topological polar surface area (TPSA) is 78.8 Å². The molecule has 0 saturated heterocycles. The van der Waals surface area contributed by atoms with E-state index in [-0.39, 0.29) is 24.1 Å². The average Bonchev–Trinajstić information content (AvgIpc) is 3.17. The first-order valence-corrected chi connectivity index (χ1v) is 9.29. The summed E-state index contributed by atoms with van der Waals surface area (Å²) in [6.45, 7) is 0.559. The number of hydrogen-bond donors (Lipinski definition) is 1. The summed E-state index contributed by atoms with van der Waals surface area (Å²) in [4.78, 5) is 8.32. The van der Waals surface area contributed by atoms with Gasteiger partial charge in [0.2, 0.25) is 0 Å². The number of nitrogens with zero attached hydrogens (tertiary/aromatic N) is 4. The van der Waals surface area contributed by atoms with Gasteiger partial charge < -0.3 is 10.5 Å². The molecule has 154 valence electrons. The maximum Gasteiger partial charge on any atom is 0.163 e. The Morgan fingerprint density at radius 1 is 1.10 bits per heavy atom. The first kappa shape index (κ1) is 21.1. The van der Waals surface area contributed by atoms with Crippen molar-refractivity contribution < 1.29 is 13.5 Å². The number of nitrogens with two attached hydrogens (primary N) is 1. The second kappa shape index (κ2) is 9.28. The third-order valence-corrected chi connectivity index (χ3v) is 5.07. The maximum absolute atomic E-state index is 14.0. The Bertz CT molecular complexity index is 939. The maximum atomic E-state index is 14.0. The lowest BCUT2D eigenvalue weighted by Gasteiger charge is -2.26. The molecule has 1 fully saturated rings. The van der Waals surface area contributed by atoms with Gasteiger partial charge in [0.25, 0.3) is 0 Å². The second-order valence-corrected chi connectivity index (χ2v) is 7.07. The van der Waals surface area contributed by atoms with Crippen LogP contribution >= 0.6 is 12.4 Å². The number of para-hydroxylation sites is 1. The van der Waals surface area contributed by atoms with Crippen LogP contribution in [0, 0.1) is 17.6 Å². The molecule has 0 unspecified atom stereocenters. The van der Waals surface area contributed by atoms with Gasteiger partial charge in [0.15, 0.2) is 17.4 Å². The molecule has 6 nitrogen and oxygen atoms in total. The van der Waals surface area contributed by atoms with Crippen molar-refractivity contribution >= 4 is 12.4 Å². The van der Waals surface area contributed by atoms with Crippen LogP contribution in [-0.4, -0.2) is 32.4 Å². The molecular weight excluding hydrogens is 400 g/mol. The zero-order valence-electron chi connectivity index (χ0n) is 15.7. The van der Waals surface area contributed by atoms with Crippen molar-refractivity contribution in [2.24, 2.45) is 11.7 Å². The predicted octanol–water partition coefficient (Wildman–Crippen LogP) is 3.93. The minimum Gasteiger partial charge on any atom is -0.489 e. The van der Waals surface area contributed by atoms with Crippen LogP contribution in [0.25, 0.3) is 16.9 Å². The summed E-state index contributed by atoms with van der Waals surface area (Å²) in [5, 5.41) is 4.09. The molecule has 2 heterocycles. The summed E-state index contributed by atoms with van der Waals surface area (Å²) >= 11 is 0. The number of hydrogen-bond acceptors (Lipinski definition) is 5. The minimum absolute atomic E-state index is 0. The van der Waals surface area contributed by atoms with Gasteiger partial charge in [0, 0.05) is 17.8 Å². The van der Waals surface area contributed by atoms with Crippen molar-refractivity contribution in [1.82, 2.24) is 19.7 Å². The fourth-order valence-corrected chi connectivity index (χ4v) is 3.48. The molecule has 1 aliphatic rings. The van der Waals surface area contributed by atoms with Crippen molar-refractivity contribution in [2.75, 3.05) is 6.61 Å². The lowest BCUT2D eigenvalue weighted by molar-refractivity contribution is 0.200. The van der Waals surface area contributed by atoms with Gasteiger partial charge in [-0.05, 0) is 43.7 Å². The molecule has 0 atom stereocenters. The molecule has 0 bridgehead atoms. The Morgan fingerprint density at radius 3 is 2.55 bits per heavy atom. The molecule has 1 aliphatic carbocycles. The van der Waals surface area contributed by atoms with Crippen LogP contribution < -0.4 is 10.5 Å². The number of ether oxygens (including phenoxy) is 1. The summed E-state index contributed by atoms with van der Waals surface area (Å²) in [6, 6.07) is 3.98. The normalized spacial score (nSPS) is 18.9. The van der Waals surface area contributed by atoms with Gasteiger partial charge in [-0.2, -0.15) is 5.10 Å². The van der Waals surface area contributed by atoms with E-state index in [1.165, 1.54) is 36.9 Å². The first-order chi connectivity index (χ1) is 13.6. The Hall–Kier alpha value is -2.58. The summed E-state index contributed by atoms with van der Waals surface area (Å²) in [5.41, 5.74) is 6.84. The highest BCUT2D eigenvalue weighted by Gasteiger charge is 2.20. The number of rotatable bonds is 5. The highest BCUT2D eigenvalue weighted by molar-refractivity contribution is 5.85. The summed E-state index contributed by atoms with van der Waals surface area (Å²) in [7, 11) is 0. The van der Waals surface area contributed by atoms with Crippen LogP contribution in [0.5, 0.6) is 5.75 Å². The molecule has 0 spiro atoms. The zero-order valence-corrected chi connectivity index (χ0v) is 16.5. The predicted molar refractivity (Wildman–Crippen MR) is 107 cm³/mol. The minimum atomic E-state index is -0.690. The van der Waals surface area contributed by atoms with E-state index >= 15 is 0 Å². The van der Waals surface area contributed by atoms with Gasteiger partial charge in [0.1, 0.15) is 17.7 Å². The summed E-state index contributed by atoms with van der Waals surface area (Å²) in [5.74, 6) is -0.414. The number of benzene rings is 1. The van der Waals surface area contributed by atoms with Crippen LogP contribution in [0.1, 0.15) is 25.7 Å². The van der Waals surface area contributed by atoms with Gasteiger partial charge in [-0.1, -0.05) is 6.07 Å². The lowest BCUT2D eigenvalue weighted by Crippen LogP contribution is -2.28. The van der Waals surface area contributed by atoms with Crippen molar-refractivity contribution in [2.45, 2.75) is 31.7 Å². The highest BCUT2D eigenvalue weighted by atomic mass is 35.5. The average molecular weight is 422 g/mol. The molecule has 2 N–H and O–H groups in total. The smallest absolute Gasteiger partial charge is 0.163 e. The van der Waals surface area contributed by atoms with Crippen LogP contribution in [0.3, 0.4) is 0 Å². The molecule has 2 aromatic heterocycles. The molecule has 4 rings (SSSR count). The van der Waals surface area contributed by atoms with Gasteiger partial charge in [-0.15, -0.1) is 12.4 Å². The molecule has 1 aromatic carbocycles. The van der Waals surface area contributed by atoms with Gasteiger partial charge in [-0.25, -0.2) is 23.4 Å². The molecule has 0 aliphatic heterocycles. The molecule has 1 saturated carbocycles. The SMILES string of the molecule is Cl.N[C@H]1CC[C@@H](COc2cncnc2-c2cnn(-c3c(F)cccc3F)c2)CC1. The van der Waals surface area contributed by atoms with E-state index < -0.39 is 11.6 Å². The monoisotopic (exact) mass is 421 g/mol. The van der Waals surface area contributed by atoms with E-state index in [9.17, 15) is 8.78 Å². The van der Waals surface area contributed by atoms with Crippen LogP contribution in [0.4, 0.5) is 8.78 Å². The fraction of sp³-hybridized carbons (Fsp3) is 0.350. The van der Waals surface area contributed by atoms with Crippen molar-refractivity contribution in [3.8, 4) is 22.7 Å². The van der Waals surface area contributed by atoms with E-state index in [4.69, 9.17) is 10.5 Å². The molecule has 3 aromatic rings. The summed E-state index contributed by atoms with van der Waals surface area (Å²) < 4.78 is 35.2. The first-order valence-electron chi connectivity index (χ1n) is 9.29. The number of aromatic nitrogens is 4. The van der Waals surface area contributed by atoms with E-state index in [1.54, 1.807) is 6.20 Å². The standard InChI is InChI=1S/C20H21F2N5O.ClH/c21-16-2-1-3-17(22)20(16)27-10-14(8-26-27)19-18(9-24-12-25-19)28-11-13-4-6-15(23)7-5-13;/h1-3,8-10,12-13,15H,4-7,11,23H2;1H/t13-,15+;. The number of halogens is 3. The lowest BCUT2D eigenvalue weighted by atomic mass is 9.87. The largest absolute Gasteiger partial charge is 0.489 e. The third kappa shape index (κ3) is 4.71. The molecular formula is C20H22ClF2N5O.